The van der Waals surface area contributed by atoms with Crippen LogP contribution in [0.25, 0.3) is 0 Å². The third-order valence-electron chi connectivity index (χ3n) is 5.24. The van der Waals surface area contributed by atoms with Gasteiger partial charge in [0.15, 0.2) is 5.76 Å². The van der Waals surface area contributed by atoms with Gasteiger partial charge in [0.1, 0.15) is 29.6 Å². The SMILES string of the molecule is COc1ccc(OC)c(C(C)NC(=O)c2ccc(COc3ccc(C(C)(C)C)cc3)o2)c1. The first-order valence-corrected chi connectivity index (χ1v) is 10.6. The fourth-order valence-electron chi connectivity index (χ4n) is 3.31. The summed E-state index contributed by atoms with van der Waals surface area (Å²) in [4.78, 5) is 12.7. The third-order valence-corrected chi connectivity index (χ3v) is 5.24. The minimum Gasteiger partial charge on any atom is -0.497 e. The van der Waals surface area contributed by atoms with Crippen molar-refractivity contribution in [3.05, 3.63) is 77.2 Å². The predicted octanol–water partition coefficient (Wildman–Crippen LogP) is 5.66. The molecule has 1 amide bonds. The first-order chi connectivity index (χ1) is 15.2. The average molecular weight is 438 g/mol. The maximum absolute atomic E-state index is 12.7. The van der Waals surface area contributed by atoms with Crippen molar-refractivity contribution in [3.63, 3.8) is 0 Å². The minimum absolute atomic E-state index is 0.0911. The second-order valence-electron chi connectivity index (χ2n) is 8.63. The van der Waals surface area contributed by atoms with E-state index in [1.54, 1.807) is 26.4 Å². The molecular formula is C26H31NO5. The Morgan fingerprint density at radius 3 is 2.28 bits per heavy atom. The van der Waals surface area contributed by atoms with Crippen LogP contribution < -0.4 is 19.5 Å². The number of hydrogen-bond acceptors (Lipinski definition) is 5. The number of carbonyl (C=O) groups is 1. The first kappa shape index (κ1) is 23.3. The van der Waals surface area contributed by atoms with Gasteiger partial charge < -0.3 is 23.9 Å². The summed E-state index contributed by atoms with van der Waals surface area (Å²) in [6.45, 7) is 8.63. The van der Waals surface area contributed by atoms with Gasteiger partial charge in [-0.15, -0.1) is 0 Å². The van der Waals surface area contributed by atoms with Crippen molar-refractivity contribution < 1.29 is 23.4 Å². The van der Waals surface area contributed by atoms with E-state index in [-0.39, 0.29) is 29.7 Å². The molecule has 0 fully saturated rings. The van der Waals surface area contributed by atoms with Crippen molar-refractivity contribution >= 4 is 5.91 Å². The molecule has 0 saturated heterocycles. The fourth-order valence-corrected chi connectivity index (χ4v) is 3.31. The number of hydrogen-bond donors (Lipinski definition) is 1. The average Bonchev–Trinajstić information content (AvgIpc) is 3.26. The minimum atomic E-state index is -0.317. The van der Waals surface area contributed by atoms with E-state index in [0.717, 1.165) is 11.3 Å². The molecule has 0 saturated carbocycles. The molecule has 6 nitrogen and oxygen atoms in total. The molecule has 3 rings (SSSR count). The van der Waals surface area contributed by atoms with Crippen LogP contribution in [0.2, 0.25) is 0 Å². The lowest BCUT2D eigenvalue weighted by Gasteiger charge is -2.19. The zero-order valence-corrected chi connectivity index (χ0v) is 19.5. The second kappa shape index (κ2) is 9.81. The number of benzene rings is 2. The van der Waals surface area contributed by atoms with E-state index in [2.05, 4.69) is 38.2 Å². The number of nitrogens with one attached hydrogen (secondary N) is 1. The van der Waals surface area contributed by atoms with Crippen molar-refractivity contribution in [3.8, 4) is 17.2 Å². The molecule has 3 aromatic rings. The van der Waals surface area contributed by atoms with Crippen LogP contribution in [0, 0.1) is 0 Å². The van der Waals surface area contributed by atoms with E-state index in [1.807, 2.05) is 37.3 Å². The Morgan fingerprint density at radius 2 is 1.66 bits per heavy atom. The normalized spacial score (nSPS) is 12.2. The third kappa shape index (κ3) is 5.63. The Hall–Kier alpha value is -3.41. The molecule has 1 aromatic heterocycles. The summed E-state index contributed by atoms with van der Waals surface area (Å²) in [5, 5.41) is 2.94. The molecule has 170 valence electrons. The highest BCUT2D eigenvalue weighted by Crippen LogP contribution is 2.29. The Morgan fingerprint density at radius 1 is 0.969 bits per heavy atom. The number of amides is 1. The van der Waals surface area contributed by atoms with Crippen LogP contribution in [0.4, 0.5) is 0 Å². The molecule has 0 bridgehead atoms. The molecule has 32 heavy (non-hydrogen) atoms. The number of methoxy groups -OCH3 is 2. The van der Waals surface area contributed by atoms with Crippen LogP contribution in [0.15, 0.2) is 59.0 Å². The van der Waals surface area contributed by atoms with Gasteiger partial charge >= 0.3 is 0 Å². The monoisotopic (exact) mass is 437 g/mol. The van der Waals surface area contributed by atoms with E-state index >= 15 is 0 Å². The number of furan rings is 1. The molecule has 2 aromatic carbocycles. The van der Waals surface area contributed by atoms with Gasteiger partial charge in [0, 0.05) is 5.56 Å². The van der Waals surface area contributed by atoms with Gasteiger partial charge in [0.2, 0.25) is 0 Å². The summed E-state index contributed by atoms with van der Waals surface area (Å²) >= 11 is 0. The van der Waals surface area contributed by atoms with Gasteiger partial charge in [-0.25, -0.2) is 0 Å². The standard InChI is InChI=1S/C26H31NO5/c1-17(22-15-20(29-5)11-13-23(22)30-6)27-25(28)24-14-12-21(32-24)16-31-19-9-7-18(8-10-19)26(2,3)4/h7-15,17H,16H2,1-6H3,(H,27,28). The van der Waals surface area contributed by atoms with Gasteiger partial charge in [-0.05, 0) is 60.4 Å². The van der Waals surface area contributed by atoms with Gasteiger partial charge in [0.25, 0.3) is 5.91 Å². The molecule has 0 aliphatic rings. The molecule has 1 N–H and O–H groups in total. The fraction of sp³-hybridized carbons (Fsp3) is 0.346. The van der Waals surface area contributed by atoms with Crippen molar-refractivity contribution in [1.82, 2.24) is 5.32 Å². The van der Waals surface area contributed by atoms with Crippen LogP contribution in [0.3, 0.4) is 0 Å². The van der Waals surface area contributed by atoms with Gasteiger partial charge in [-0.3, -0.25) is 4.79 Å². The highest BCUT2D eigenvalue weighted by molar-refractivity contribution is 5.91. The summed E-state index contributed by atoms with van der Waals surface area (Å²) in [5.74, 6) is 2.59. The molecule has 0 aliphatic heterocycles. The van der Waals surface area contributed by atoms with Crippen molar-refractivity contribution in [2.24, 2.45) is 0 Å². The molecule has 1 unspecified atom stereocenters. The van der Waals surface area contributed by atoms with Gasteiger partial charge in [-0.2, -0.15) is 0 Å². The molecular weight excluding hydrogens is 406 g/mol. The van der Waals surface area contributed by atoms with Crippen LogP contribution in [0.1, 0.15) is 61.2 Å². The zero-order chi connectivity index (χ0) is 23.3. The molecule has 0 radical (unpaired) electrons. The maximum Gasteiger partial charge on any atom is 0.287 e. The lowest BCUT2D eigenvalue weighted by atomic mass is 9.87. The molecule has 0 aliphatic carbocycles. The van der Waals surface area contributed by atoms with Crippen LogP contribution in [0.5, 0.6) is 17.2 Å². The number of rotatable bonds is 8. The zero-order valence-electron chi connectivity index (χ0n) is 19.5. The van der Waals surface area contributed by atoms with E-state index in [9.17, 15) is 4.79 Å². The van der Waals surface area contributed by atoms with E-state index in [1.165, 1.54) is 5.56 Å². The first-order valence-electron chi connectivity index (χ1n) is 10.6. The number of ether oxygens (including phenoxy) is 3. The van der Waals surface area contributed by atoms with E-state index < -0.39 is 0 Å². The Bertz CT molecular complexity index is 1050. The number of carbonyl (C=O) groups excluding carboxylic acids is 1. The van der Waals surface area contributed by atoms with Crippen LogP contribution in [-0.2, 0) is 12.0 Å². The second-order valence-corrected chi connectivity index (χ2v) is 8.63. The molecule has 0 spiro atoms. The summed E-state index contributed by atoms with van der Waals surface area (Å²) in [6.07, 6.45) is 0. The van der Waals surface area contributed by atoms with Crippen LogP contribution >= 0.6 is 0 Å². The van der Waals surface area contributed by atoms with Crippen molar-refractivity contribution in [2.75, 3.05) is 14.2 Å². The van der Waals surface area contributed by atoms with Crippen molar-refractivity contribution in [1.29, 1.82) is 0 Å². The van der Waals surface area contributed by atoms with E-state index in [4.69, 9.17) is 18.6 Å². The Balaban J connectivity index is 1.61. The van der Waals surface area contributed by atoms with E-state index in [0.29, 0.717) is 17.3 Å². The Kier molecular flexibility index (Phi) is 7.13. The largest absolute Gasteiger partial charge is 0.497 e. The molecule has 1 heterocycles. The highest BCUT2D eigenvalue weighted by Gasteiger charge is 2.19. The Labute approximate surface area is 189 Å². The summed E-state index contributed by atoms with van der Waals surface area (Å²) in [6, 6.07) is 16.6. The van der Waals surface area contributed by atoms with Crippen molar-refractivity contribution in [2.45, 2.75) is 45.8 Å². The summed E-state index contributed by atoms with van der Waals surface area (Å²) < 4.78 is 22.2. The highest BCUT2D eigenvalue weighted by atomic mass is 16.5. The lowest BCUT2D eigenvalue weighted by Crippen LogP contribution is -2.26. The topological polar surface area (TPSA) is 69.9 Å². The van der Waals surface area contributed by atoms with Gasteiger partial charge in [0.05, 0.1) is 20.3 Å². The quantitative estimate of drug-likeness (QED) is 0.492. The summed E-state index contributed by atoms with van der Waals surface area (Å²) in [7, 11) is 3.19. The van der Waals surface area contributed by atoms with Gasteiger partial charge in [-0.1, -0.05) is 32.9 Å². The smallest absolute Gasteiger partial charge is 0.287 e. The molecule has 1 atom stereocenters. The van der Waals surface area contributed by atoms with Crippen LogP contribution in [-0.4, -0.2) is 20.1 Å². The predicted molar refractivity (Wildman–Crippen MR) is 124 cm³/mol. The summed E-state index contributed by atoms with van der Waals surface area (Å²) in [5.41, 5.74) is 2.14. The molecule has 6 heteroatoms. The lowest BCUT2D eigenvalue weighted by molar-refractivity contribution is 0.0907. The maximum atomic E-state index is 12.7.